The number of carbonyl (C=O) groups excluding carboxylic acids is 1. The van der Waals surface area contributed by atoms with Crippen LogP contribution in [0.5, 0.6) is 0 Å². The fourth-order valence-electron chi connectivity index (χ4n) is 2.11. The number of nitrogens with zero attached hydrogens (tertiary/aromatic N) is 1. The van der Waals surface area contributed by atoms with Gasteiger partial charge < -0.3 is 15.1 Å². The standard InChI is InChI=1S/C12H10Cl2FNO4/c13-7-3-8(14)9(15)2-6(7)11(18)16-4-5(17)1-10(16)12(19)20/h2-3,5,10,17H,1,4H2,(H,19,20)/t5-,10+/m1/s1. The molecule has 0 bridgehead atoms. The zero-order valence-electron chi connectivity index (χ0n) is 10.0. The molecule has 1 saturated heterocycles. The minimum atomic E-state index is -1.24. The number of aliphatic carboxylic acids is 1. The Bertz CT molecular complexity index is 581. The van der Waals surface area contributed by atoms with Crippen LogP contribution in [0, 0.1) is 5.82 Å². The van der Waals surface area contributed by atoms with E-state index in [1.54, 1.807) is 0 Å². The van der Waals surface area contributed by atoms with Crippen molar-refractivity contribution in [1.82, 2.24) is 4.90 Å². The molecule has 1 aromatic carbocycles. The van der Waals surface area contributed by atoms with Gasteiger partial charge in [0.15, 0.2) is 0 Å². The van der Waals surface area contributed by atoms with Crippen molar-refractivity contribution >= 4 is 35.1 Å². The quantitative estimate of drug-likeness (QED) is 0.814. The van der Waals surface area contributed by atoms with Gasteiger partial charge in [-0.25, -0.2) is 9.18 Å². The van der Waals surface area contributed by atoms with Crippen LogP contribution in [0.1, 0.15) is 16.8 Å². The van der Waals surface area contributed by atoms with Crippen molar-refractivity contribution in [3.63, 3.8) is 0 Å². The van der Waals surface area contributed by atoms with Crippen LogP contribution in [0.25, 0.3) is 0 Å². The number of hydrogen-bond acceptors (Lipinski definition) is 3. The summed E-state index contributed by atoms with van der Waals surface area (Å²) in [6.07, 6.45) is -1.01. The summed E-state index contributed by atoms with van der Waals surface area (Å²) in [7, 11) is 0. The maximum Gasteiger partial charge on any atom is 0.326 e. The van der Waals surface area contributed by atoms with Gasteiger partial charge in [-0.2, -0.15) is 0 Å². The molecule has 0 aliphatic carbocycles. The van der Waals surface area contributed by atoms with Gasteiger partial charge in [-0.15, -0.1) is 0 Å². The molecule has 1 aromatic rings. The number of likely N-dealkylation sites (tertiary alicyclic amines) is 1. The molecule has 2 rings (SSSR count). The number of amides is 1. The van der Waals surface area contributed by atoms with Crippen molar-refractivity contribution in [2.45, 2.75) is 18.6 Å². The lowest BCUT2D eigenvalue weighted by Gasteiger charge is -2.21. The van der Waals surface area contributed by atoms with Crippen LogP contribution in [0.2, 0.25) is 10.0 Å². The number of halogens is 3. The number of aliphatic hydroxyl groups is 1. The van der Waals surface area contributed by atoms with E-state index in [2.05, 4.69) is 0 Å². The van der Waals surface area contributed by atoms with Crippen LogP contribution in [0.3, 0.4) is 0 Å². The van der Waals surface area contributed by atoms with Crippen LogP contribution in [0.4, 0.5) is 4.39 Å². The molecule has 1 aliphatic rings. The first-order chi connectivity index (χ1) is 9.31. The summed E-state index contributed by atoms with van der Waals surface area (Å²) in [5, 5.41) is 18.2. The number of hydrogen-bond donors (Lipinski definition) is 2. The first-order valence-corrected chi connectivity index (χ1v) is 6.43. The highest BCUT2D eigenvalue weighted by Gasteiger charge is 2.39. The molecule has 2 atom stereocenters. The largest absolute Gasteiger partial charge is 0.480 e. The third-order valence-electron chi connectivity index (χ3n) is 3.07. The number of aliphatic hydroxyl groups excluding tert-OH is 1. The Labute approximate surface area is 123 Å². The lowest BCUT2D eigenvalue weighted by molar-refractivity contribution is -0.141. The summed E-state index contributed by atoms with van der Waals surface area (Å²) >= 11 is 11.4. The average Bonchev–Trinajstić information content (AvgIpc) is 2.75. The van der Waals surface area contributed by atoms with Gasteiger partial charge in [-0.1, -0.05) is 23.2 Å². The zero-order chi connectivity index (χ0) is 15.0. The summed E-state index contributed by atoms with van der Waals surface area (Å²) in [5.74, 6) is -2.82. The van der Waals surface area contributed by atoms with Gasteiger partial charge in [-0.3, -0.25) is 4.79 Å². The van der Waals surface area contributed by atoms with Gasteiger partial charge in [0.2, 0.25) is 0 Å². The molecule has 5 nitrogen and oxygen atoms in total. The molecule has 1 amide bonds. The SMILES string of the molecule is O=C(O)[C@@H]1C[C@@H](O)CN1C(=O)c1cc(F)c(Cl)cc1Cl. The molecule has 20 heavy (non-hydrogen) atoms. The van der Waals surface area contributed by atoms with Crippen molar-refractivity contribution in [2.24, 2.45) is 0 Å². The molecule has 108 valence electrons. The van der Waals surface area contributed by atoms with Crippen LogP contribution < -0.4 is 0 Å². The third kappa shape index (κ3) is 2.72. The number of carboxylic acid groups (broad SMARTS) is 1. The van der Waals surface area contributed by atoms with Crippen molar-refractivity contribution in [3.05, 3.63) is 33.6 Å². The second-order valence-corrected chi connectivity index (χ2v) is 5.26. The fourth-order valence-corrected chi connectivity index (χ4v) is 2.58. The number of β-amino-alcohol motifs (C(OH)–C–C–N with tert-alkyl or cyclic N) is 1. The van der Waals surface area contributed by atoms with Gasteiger partial charge in [0, 0.05) is 13.0 Å². The molecule has 0 radical (unpaired) electrons. The Morgan fingerprint density at radius 2 is 1.95 bits per heavy atom. The number of carbonyl (C=O) groups is 2. The first-order valence-electron chi connectivity index (χ1n) is 5.67. The molecule has 8 heteroatoms. The highest BCUT2D eigenvalue weighted by atomic mass is 35.5. The van der Waals surface area contributed by atoms with Gasteiger partial charge in [-0.05, 0) is 12.1 Å². The van der Waals surface area contributed by atoms with Crippen LogP contribution in [-0.4, -0.2) is 45.7 Å². The van der Waals surface area contributed by atoms with Crippen molar-refractivity contribution in [1.29, 1.82) is 0 Å². The van der Waals surface area contributed by atoms with E-state index in [4.69, 9.17) is 28.3 Å². The lowest BCUT2D eigenvalue weighted by atomic mass is 10.1. The predicted molar refractivity (Wildman–Crippen MR) is 69.5 cm³/mol. The van der Waals surface area contributed by atoms with Crippen LogP contribution >= 0.6 is 23.2 Å². The van der Waals surface area contributed by atoms with Crippen molar-refractivity contribution < 1.29 is 24.2 Å². The third-order valence-corrected chi connectivity index (χ3v) is 3.67. The second kappa shape index (κ2) is 5.55. The predicted octanol–water partition coefficient (Wildman–Crippen LogP) is 1.79. The average molecular weight is 322 g/mol. The van der Waals surface area contributed by atoms with E-state index < -0.39 is 29.8 Å². The maximum atomic E-state index is 13.4. The number of rotatable bonds is 2. The van der Waals surface area contributed by atoms with Gasteiger partial charge >= 0.3 is 5.97 Å². The van der Waals surface area contributed by atoms with E-state index in [-0.39, 0.29) is 28.6 Å². The minimum absolute atomic E-state index is 0.0746. The van der Waals surface area contributed by atoms with E-state index in [0.29, 0.717) is 0 Å². The Morgan fingerprint density at radius 1 is 1.30 bits per heavy atom. The van der Waals surface area contributed by atoms with E-state index in [0.717, 1.165) is 17.0 Å². The van der Waals surface area contributed by atoms with Crippen LogP contribution in [-0.2, 0) is 4.79 Å². The topological polar surface area (TPSA) is 77.8 Å². The number of carboxylic acids is 1. The molecule has 0 spiro atoms. The molecule has 2 N–H and O–H groups in total. The monoisotopic (exact) mass is 321 g/mol. The van der Waals surface area contributed by atoms with Gasteiger partial charge in [0.1, 0.15) is 11.9 Å². The van der Waals surface area contributed by atoms with Gasteiger partial charge in [0.25, 0.3) is 5.91 Å². The molecule has 0 aromatic heterocycles. The zero-order valence-corrected chi connectivity index (χ0v) is 11.5. The Kier molecular flexibility index (Phi) is 4.17. The number of benzene rings is 1. The summed E-state index contributed by atoms with van der Waals surface area (Å²) in [6, 6.07) is 0.775. The Morgan fingerprint density at radius 3 is 2.55 bits per heavy atom. The molecular formula is C12H10Cl2FNO4. The smallest absolute Gasteiger partial charge is 0.326 e. The fraction of sp³-hybridized carbons (Fsp3) is 0.333. The Balaban J connectivity index is 2.36. The highest BCUT2D eigenvalue weighted by molar-refractivity contribution is 6.36. The summed E-state index contributed by atoms with van der Waals surface area (Å²) in [5.41, 5.74) is -0.186. The normalized spacial score (nSPS) is 22.1. The molecule has 0 saturated carbocycles. The van der Waals surface area contributed by atoms with E-state index >= 15 is 0 Å². The van der Waals surface area contributed by atoms with Crippen molar-refractivity contribution in [3.8, 4) is 0 Å². The van der Waals surface area contributed by atoms with E-state index in [1.807, 2.05) is 0 Å². The van der Waals surface area contributed by atoms with E-state index in [9.17, 15) is 19.1 Å². The molecule has 1 heterocycles. The molecule has 0 unspecified atom stereocenters. The molecule has 1 aliphatic heterocycles. The van der Waals surface area contributed by atoms with Gasteiger partial charge in [0.05, 0.1) is 21.7 Å². The Hall–Kier alpha value is -1.37. The summed E-state index contributed by atoms with van der Waals surface area (Å²) < 4.78 is 13.4. The van der Waals surface area contributed by atoms with E-state index in [1.165, 1.54) is 0 Å². The molecular weight excluding hydrogens is 312 g/mol. The van der Waals surface area contributed by atoms with Crippen molar-refractivity contribution in [2.75, 3.05) is 6.54 Å². The minimum Gasteiger partial charge on any atom is -0.480 e. The summed E-state index contributed by atoms with van der Waals surface area (Å²) in [6.45, 7) is -0.142. The first kappa shape index (κ1) is 15.0. The summed E-state index contributed by atoms with van der Waals surface area (Å²) in [4.78, 5) is 24.3. The van der Waals surface area contributed by atoms with Crippen LogP contribution in [0.15, 0.2) is 12.1 Å². The highest BCUT2D eigenvalue weighted by Crippen LogP contribution is 2.28. The molecule has 1 fully saturated rings. The maximum absolute atomic E-state index is 13.4. The lowest BCUT2D eigenvalue weighted by Crippen LogP contribution is -2.40. The second-order valence-electron chi connectivity index (χ2n) is 4.45.